The fourth-order valence-electron chi connectivity index (χ4n) is 2.13. The van der Waals surface area contributed by atoms with Crippen LogP contribution in [0, 0.1) is 0 Å². The summed E-state index contributed by atoms with van der Waals surface area (Å²) in [5, 5.41) is 7.98. The molecule has 1 heterocycles. The summed E-state index contributed by atoms with van der Waals surface area (Å²) in [5.74, 6) is 1.02. The summed E-state index contributed by atoms with van der Waals surface area (Å²) in [5.41, 5.74) is 1.28. The van der Waals surface area contributed by atoms with Crippen molar-refractivity contribution >= 4 is 11.8 Å². The highest BCUT2D eigenvalue weighted by Gasteiger charge is 2.13. The van der Waals surface area contributed by atoms with E-state index in [1.165, 1.54) is 10.5 Å². The van der Waals surface area contributed by atoms with Crippen LogP contribution in [-0.2, 0) is 6.54 Å². The predicted molar refractivity (Wildman–Crippen MR) is 86.1 cm³/mol. The lowest BCUT2D eigenvalue weighted by Crippen LogP contribution is -2.22. The summed E-state index contributed by atoms with van der Waals surface area (Å²) in [7, 11) is 0. The summed E-state index contributed by atoms with van der Waals surface area (Å²) in [4.78, 5) is 1.32. The van der Waals surface area contributed by atoms with E-state index in [2.05, 4.69) is 60.8 Å². The van der Waals surface area contributed by atoms with Gasteiger partial charge in [-0.1, -0.05) is 32.0 Å². The van der Waals surface area contributed by atoms with Crippen molar-refractivity contribution in [3.8, 4) is 0 Å². The van der Waals surface area contributed by atoms with Crippen LogP contribution in [-0.4, -0.2) is 22.1 Å². The molecule has 2 rings (SSSR count). The molecule has 0 bridgehead atoms. The monoisotopic (exact) mass is 289 g/mol. The Kier molecular flexibility index (Phi) is 6.15. The van der Waals surface area contributed by atoms with Crippen molar-refractivity contribution in [1.82, 2.24) is 15.1 Å². The molecule has 1 aromatic carbocycles. The predicted octanol–water partition coefficient (Wildman–Crippen LogP) is 3.74. The van der Waals surface area contributed by atoms with Crippen LogP contribution in [0.4, 0.5) is 0 Å². The Morgan fingerprint density at radius 1 is 1.25 bits per heavy atom. The number of nitrogens with one attached hydrogen (secondary N) is 1. The molecule has 1 N–H and O–H groups in total. The maximum atomic E-state index is 4.43. The van der Waals surface area contributed by atoms with Crippen molar-refractivity contribution in [3.63, 3.8) is 0 Å². The van der Waals surface area contributed by atoms with E-state index in [1.54, 1.807) is 0 Å². The number of hydrogen-bond donors (Lipinski definition) is 1. The second kappa shape index (κ2) is 8.12. The van der Waals surface area contributed by atoms with Crippen molar-refractivity contribution in [2.45, 2.75) is 37.8 Å². The number of rotatable bonds is 8. The fourth-order valence-corrected chi connectivity index (χ4v) is 3.15. The highest BCUT2D eigenvalue weighted by atomic mass is 32.2. The van der Waals surface area contributed by atoms with E-state index in [1.807, 2.05) is 22.6 Å². The molecule has 0 aliphatic heterocycles. The minimum Gasteiger partial charge on any atom is -0.309 e. The summed E-state index contributed by atoms with van der Waals surface area (Å²) in [6.45, 7) is 6.29. The normalized spacial score (nSPS) is 12.5. The van der Waals surface area contributed by atoms with Gasteiger partial charge in [0.2, 0.25) is 0 Å². The Hall–Kier alpha value is -1.26. The third-order valence-electron chi connectivity index (χ3n) is 3.12. The molecule has 1 aromatic heterocycles. The smallest absolute Gasteiger partial charge is 0.0537 e. The van der Waals surface area contributed by atoms with Gasteiger partial charge < -0.3 is 5.32 Å². The van der Waals surface area contributed by atoms with Crippen LogP contribution in [0.3, 0.4) is 0 Å². The Morgan fingerprint density at radius 3 is 2.75 bits per heavy atom. The van der Waals surface area contributed by atoms with E-state index < -0.39 is 0 Å². The molecule has 0 aliphatic rings. The first-order valence-electron chi connectivity index (χ1n) is 7.27. The number of aryl methyl sites for hydroxylation is 1. The van der Waals surface area contributed by atoms with Crippen molar-refractivity contribution in [2.24, 2.45) is 0 Å². The summed E-state index contributed by atoms with van der Waals surface area (Å²) in [6, 6.07) is 10.9. The number of nitrogens with zero attached hydrogens (tertiary/aromatic N) is 2. The second-order valence-corrected chi connectivity index (χ2v) is 5.86. The third kappa shape index (κ3) is 4.39. The van der Waals surface area contributed by atoms with Crippen LogP contribution in [0.5, 0.6) is 0 Å². The van der Waals surface area contributed by atoms with Gasteiger partial charge in [0.25, 0.3) is 0 Å². The molecule has 0 amide bonds. The van der Waals surface area contributed by atoms with Gasteiger partial charge in [0.15, 0.2) is 0 Å². The molecule has 20 heavy (non-hydrogen) atoms. The zero-order valence-electron chi connectivity index (χ0n) is 12.2. The van der Waals surface area contributed by atoms with Gasteiger partial charge in [-0.05, 0) is 25.1 Å². The lowest BCUT2D eigenvalue weighted by Gasteiger charge is -2.15. The van der Waals surface area contributed by atoms with E-state index in [-0.39, 0.29) is 0 Å². The first kappa shape index (κ1) is 15.1. The number of hydrogen-bond acceptors (Lipinski definition) is 3. The first-order chi connectivity index (χ1) is 9.83. The molecule has 1 unspecified atom stereocenters. The lowest BCUT2D eigenvalue weighted by atomic mass is 10.2. The van der Waals surface area contributed by atoms with E-state index >= 15 is 0 Å². The van der Waals surface area contributed by atoms with Crippen molar-refractivity contribution < 1.29 is 0 Å². The third-order valence-corrected chi connectivity index (χ3v) is 4.22. The minimum absolute atomic E-state index is 0.357. The Balaban J connectivity index is 1.98. The van der Waals surface area contributed by atoms with Gasteiger partial charge >= 0.3 is 0 Å². The van der Waals surface area contributed by atoms with E-state index in [0.29, 0.717) is 6.04 Å². The first-order valence-corrected chi connectivity index (χ1v) is 8.25. The van der Waals surface area contributed by atoms with Crippen molar-refractivity contribution in [3.05, 3.63) is 48.3 Å². The molecule has 0 radical (unpaired) electrons. The Morgan fingerprint density at radius 2 is 2.05 bits per heavy atom. The SMILES string of the molecule is CCCn1cc(C(CSc2ccccc2)NCC)cn1. The molecule has 0 spiro atoms. The number of thioether (sulfide) groups is 1. The van der Waals surface area contributed by atoms with E-state index in [0.717, 1.165) is 25.3 Å². The summed E-state index contributed by atoms with van der Waals surface area (Å²) < 4.78 is 2.03. The molecule has 0 aliphatic carbocycles. The van der Waals surface area contributed by atoms with Gasteiger partial charge in [-0.3, -0.25) is 4.68 Å². The standard InChI is InChI=1S/C16H23N3S/c1-3-10-19-12-14(11-18-19)16(17-4-2)13-20-15-8-6-5-7-9-15/h5-9,11-12,16-17H,3-4,10,13H2,1-2H3. The average molecular weight is 289 g/mol. The summed E-state index contributed by atoms with van der Waals surface area (Å²) >= 11 is 1.89. The molecule has 2 aromatic rings. The minimum atomic E-state index is 0.357. The maximum Gasteiger partial charge on any atom is 0.0537 e. The Bertz CT molecular complexity index is 495. The summed E-state index contributed by atoms with van der Waals surface area (Å²) in [6.07, 6.45) is 5.28. The van der Waals surface area contributed by atoms with Crippen LogP contribution in [0.15, 0.2) is 47.6 Å². The molecule has 1 atom stereocenters. The van der Waals surface area contributed by atoms with Crippen LogP contribution in [0.25, 0.3) is 0 Å². The van der Waals surface area contributed by atoms with Crippen LogP contribution in [0.1, 0.15) is 31.9 Å². The quantitative estimate of drug-likeness (QED) is 0.751. The highest BCUT2D eigenvalue weighted by molar-refractivity contribution is 7.99. The van der Waals surface area contributed by atoms with Crippen molar-refractivity contribution in [2.75, 3.05) is 12.3 Å². The van der Waals surface area contributed by atoms with E-state index in [4.69, 9.17) is 0 Å². The molecular weight excluding hydrogens is 266 g/mol. The van der Waals surface area contributed by atoms with Gasteiger partial charge in [-0.2, -0.15) is 5.10 Å². The van der Waals surface area contributed by atoms with Crippen LogP contribution >= 0.6 is 11.8 Å². The molecular formula is C16H23N3S. The van der Waals surface area contributed by atoms with Crippen LogP contribution < -0.4 is 5.32 Å². The second-order valence-electron chi connectivity index (χ2n) is 4.77. The van der Waals surface area contributed by atoms with Crippen LogP contribution in [0.2, 0.25) is 0 Å². The number of benzene rings is 1. The molecule has 0 saturated heterocycles. The highest BCUT2D eigenvalue weighted by Crippen LogP contribution is 2.24. The Labute approximate surface area is 125 Å². The molecule has 0 fully saturated rings. The number of aromatic nitrogens is 2. The topological polar surface area (TPSA) is 29.9 Å². The molecule has 108 valence electrons. The van der Waals surface area contributed by atoms with Gasteiger partial charge in [0.1, 0.15) is 0 Å². The fraction of sp³-hybridized carbons (Fsp3) is 0.438. The molecule has 4 heteroatoms. The van der Waals surface area contributed by atoms with E-state index in [9.17, 15) is 0 Å². The average Bonchev–Trinajstić information content (AvgIpc) is 2.93. The van der Waals surface area contributed by atoms with Crippen molar-refractivity contribution in [1.29, 1.82) is 0 Å². The largest absolute Gasteiger partial charge is 0.309 e. The lowest BCUT2D eigenvalue weighted by molar-refractivity contribution is 0.590. The van der Waals surface area contributed by atoms with Gasteiger partial charge in [-0.25, -0.2) is 0 Å². The maximum absolute atomic E-state index is 4.43. The molecule has 0 saturated carbocycles. The van der Waals surface area contributed by atoms with Gasteiger partial charge in [0.05, 0.1) is 6.20 Å². The zero-order valence-corrected chi connectivity index (χ0v) is 13.1. The van der Waals surface area contributed by atoms with Gasteiger partial charge in [0, 0.05) is 35.0 Å². The van der Waals surface area contributed by atoms with Gasteiger partial charge in [-0.15, -0.1) is 11.8 Å². The zero-order chi connectivity index (χ0) is 14.2. The molecule has 3 nitrogen and oxygen atoms in total.